The minimum Gasteiger partial charge on any atom is -0.474 e. The van der Waals surface area contributed by atoms with Crippen molar-refractivity contribution in [2.24, 2.45) is 5.92 Å². The fourth-order valence-electron chi connectivity index (χ4n) is 7.30. The van der Waals surface area contributed by atoms with Crippen LogP contribution in [0.1, 0.15) is 86.9 Å². The van der Waals surface area contributed by atoms with E-state index in [1.165, 1.54) is 5.56 Å². The third-order valence-electron chi connectivity index (χ3n) is 9.83. The number of nitrogens with zero attached hydrogens (tertiary/aromatic N) is 2. The molecule has 7 rings (SSSR count). The van der Waals surface area contributed by atoms with E-state index in [0.29, 0.717) is 46.1 Å². The normalized spacial score (nSPS) is 20.4. The van der Waals surface area contributed by atoms with Crippen LogP contribution in [0.25, 0.3) is 11.1 Å². The summed E-state index contributed by atoms with van der Waals surface area (Å²) in [7, 11) is 0. The van der Waals surface area contributed by atoms with Gasteiger partial charge in [-0.25, -0.2) is 0 Å². The number of pyridine rings is 1. The summed E-state index contributed by atoms with van der Waals surface area (Å²) in [6.45, 7) is 15.0. The molecule has 248 valence electrons. The quantitative estimate of drug-likeness (QED) is 0.194. The predicted octanol–water partition coefficient (Wildman–Crippen LogP) is 8.91. The number of aliphatic hydroxyl groups is 1. The molecule has 0 bridgehead atoms. The van der Waals surface area contributed by atoms with E-state index in [9.17, 15) is 9.90 Å². The molecule has 3 aromatic carbocycles. The number of ether oxygens (including phenoxy) is 1. The van der Waals surface area contributed by atoms with Gasteiger partial charge in [0.25, 0.3) is 6.01 Å². The van der Waals surface area contributed by atoms with Gasteiger partial charge in [0.1, 0.15) is 17.4 Å². The number of carbonyl (C=O) groups is 1. The van der Waals surface area contributed by atoms with E-state index in [2.05, 4.69) is 64.0 Å². The lowest BCUT2D eigenvalue weighted by molar-refractivity contribution is -0.160. The smallest absolute Gasteiger partial charge is 0.300 e. The average Bonchev–Trinajstić information content (AvgIpc) is 3.41. The van der Waals surface area contributed by atoms with Crippen LogP contribution in [-0.4, -0.2) is 26.5 Å². The van der Waals surface area contributed by atoms with E-state index < -0.39 is 11.7 Å². The van der Waals surface area contributed by atoms with Crippen LogP contribution >= 0.6 is 11.6 Å². The molecule has 2 aromatic heterocycles. The highest BCUT2D eigenvalue weighted by atomic mass is 35.5. The molecule has 7 nitrogen and oxygen atoms in total. The van der Waals surface area contributed by atoms with E-state index in [1.54, 1.807) is 6.07 Å². The number of anilines is 2. The number of benzene rings is 3. The highest BCUT2D eigenvalue weighted by molar-refractivity contribution is 6.31. The molecule has 2 N–H and O–H groups in total. The molecule has 1 aliphatic heterocycles. The average molecular weight is 664 g/mol. The minimum atomic E-state index is -1.54. The van der Waals surface area contributed by atoms with Crippen molar-refractivity contribution >= 4 is 40.2 Å². The summed E-state index contributed by atoms with van der Waals surface area (Å²) in [5.74, 6) is -0.0909. The molecule has 0 spiro atoms. The van der Waals surface area contributed by atoms with Gasteiger partial charge in [0.15, 0.2) is 11.4 Å². The molecule has 0 fully saturated rings. The molecular formula is C40H42ClN3O4. The number of carbonyl (C=O) groups excluding carboxylic acids is 1. The molecule has 5 aromatic rings. The number of halogens is 1. The number of aromatic nitrogens is 2. The Morgan fingerprint density at radius 2 is 1.71 bits per heavy atom. The van der Waals surface area contributed by atoms with Crippen LogP contribution in [0.3, 0.4) is 0 Å². The summed E-state index contributed by atoms with van der Waals surface area (Å²) in [4.78, 5) is 24.0. The topological polar surface area (TPSA) is 97.5 Å². The van der Waals surface area contributed by atoms with E-state index in [4.69, 9.17) is 25.7 Å². The summed E-state index contributed by atoms with van der Waals surface area (Å²) < 4.78 is 13.3. The number of nitrogens with one attached hydrogen (secondary N) is 1. The molecule has 8 heteroatoms. The maximum atomic E-state index is 14.6. The molecular weight excluding hydrogens is 622 g/mol. The standard InChI is InChI=1S/C40H42ClN3O4/c1-22-11-10-13-28(42-22)21-33(45)40-26(15-23-12-8-9-14-29(23)36(40)46)16-24-17-27(41)20-32(34(24)48-40)44-37-43-31-19-25(38(2,3)4)18-30(35(31)47-37)39(5,6)7/h8-14,17-20,26,36,46H,15-16,21H2,1-7H3,(H,43,44)/t26-,36-,40+/m0/s1. The van der Waals surface area contributed by atoms with E-state index >= 15 is 0 Å². The lowest BCUT2D eigenvalue weighted by atomic mass is 9.64. The van der Waals surface area contributed by atoms with Gasteiger partial charge in [0.05, 0.1) is 12.1 Å². The Kier molecular flexibility index (Phi) is 7.72. The summed E-state index contributed by atoms with van der Waals surface area (Å²) in [6, 6.07) is 21.6. The van der Waals surface area contributed by atoms with Crippen molar-refractivity contribution in [2.75, 3.05) is 5.32 Å². The van der Waals surface area contributed by atoms with Gasteiger partial charge in [0, 0.05) is 27.9 Å². The molecule has 3 heterocycles. The molecule has 2 aliphatic rings. The van der Waals surface area contributed by atoms with E-state index in [-0.39, 0.29) is 35.0 Å². The predicted molar refractivity (Wildman–Crippen MR) is 189 cm³/mol. The number of aliphatic hydroxyl groups excluding tert-OH is 1. The van der Waals surface area contributed by atoms with Crippen LogP contribution in [-0.2, 0) is 34.9 Å². The number of Topliss-reactive ketones (excluding diaryl/α,β-unsaturated/α-hetero) is 1. The highest BCUT2D eigenvalue weighted by Gasteiger charge is 2.59. The van der Waals surface area contributed by atoms with Crippen molar-refractivity contribution in [3.05, 3.63) is 111 Å². The Labute approximate surface area is 286 Å². The van der Waals surface area contributed by atoms with Gasteiger partial charge in [-0.3, -0.25) is 9.78 Å². The third-order valence-corrected chi connectivity index (χ3v) is 10.0. The van der Waals surface area contributed by atoms with Crippen molar-refractivity contribution in [3.8, 4) is 5.75 Å². The molecule has 1 aliphatic carbocycles. The number of hydrogen-bond donors (Lipinski definition) is 2. The van der Waals surface area contributed by atoms with Gasteiger partial charge in [0.2, 0.25) is 5.60 Å². The zero-order chi connectivity index (χ0) is 34.2. The van der Waals surface area contributed by atoms with Crippen LogP contribution < -0.4 is 10.1 Å². The van der Waals surface area contributed by atoms with Crippen molar-refractivity contribution in [3.63, 3.8) is 0 Å². The van der Waals surface area contributed by atoms with Gasteiger partial charge in [-0.05, 0) is 83.2 Å². The van der Waals surface area contributed by atoms with Gasteiger partial charge < -0.3 is 19.6 Å². The van der Waals surface area contributed by atoms with Gasteiger partial charge in [-0.15, -0.1) is 0 Å². The molecule has 0 saturated carbocycles. The van der Waals surface area contributed by atoms with E-state index in [0.717, 1.165) is 27.9 Å². The van der Waals surface area contributed by atoms with Gasteiger partial charge in [-0.1, -0.05) is 89.5 Å². The minimum absolute atomic E-state index is 0.0277. The summed E-state index contributed by atoms with van der Waals surface area (Å²) in [5.41, 5.74) is 6.44. The Morgan fingerprint density at radius 1 is 0.958 bits per heavy atom. The van der Waals surface area contributed by atoms with Crippen LogP contribution in [0.15, 0.2) is 71.1 Å². The van der Waals surface area contributed by atoms with Crippen molar-refractivity contribution in [1.29, 1.82) is 0 Å². The second-order valence-electron chi connectivity index (χ2n) is 15.4. The first-order chi connectivity index (χ1) is 22.6. The Morgan fingerprint density at radius 3 is 2.44 bits per heavy atom. The second kappa shape index (κ2) is 11.5. The fraction of sp³-hybridized carbons (Fsp3) is 0.375. The summed E-state index contributed by atoms with van der Waals surface area (Å²) in [5, 5.41) is 16.0. The maximum Gasteiger partial charge on any atom is 0.300 e. The first-order valence-corrected chi connectivity index (χ1v) is 17.0. The number of ketones is 1. The monoisotopic (exact) mass is 663 g/mol. The number of aryl methyl sites for hydroxylation is 1. The Balaban J connectivity index is 1.33. The maximum absolute atomic E-state index is 14.6. The molecule has 3 atom stereocenters. The first-order valence-electron chi connectivity index (χ1n) is 16.6. The second-order valence-corrected chi connectivity index (χ2v) is 15.9. The van der Waals surface area contributed by atoms with Crippen molar-refractivity contribution in [2.45, 2.75) is 90.3 Å². The zero-order valence-electron chi connectivity index (χ0n) is 28.6. The Bertz CT molecular complexity index is 2070. The number of fused-ring (bicyclic) bond motifs is 4. The molecule has 0 saturated heterocycles. The van der Waals surface area contributed by atoms with Gasteiger partial charge in [-0.2, -0.15) is 4.98 Å². The summed E-state index contributed by atoms with van der Waals surface area (Å²) >= 11 is 6.72. The number of rotatable bonds is 5. The lowest BCUT2D eigenvalue weighted by Crippen LogP contribution is -2.61. The van der Waals surface area contributed by atoms with Crippen LogP contribution in [0.5, 0.6) is 5.75 Å². The SMILES string of the molecule is Cc1cccc(CC(=O)[C@]23Oc4c(cc(Cl)cc4Nc4nc5cc(C(C)(C)C)cc(C(C)(C)C)c5o4)C[C@@H]2Cc2ccccc2[C@@H]3O)n1. The van der Waals surface area contributed by atoms with Crippen molar-refractivity contribution < 1.29 is 19.1 Å². The number of hydrogen-bond acceptors (Lipinski definition) is 7. The summed E-state index contributed by atoms with van der Waals surface area (Å²) in [6.07, 6.45) is -0.0957. The van der Waals surface area contributed by atoms with Crippen LogP contribution in [0, 0.1) is 12.8 Å². The number of oxazole rings is 1. The largest absolute Gasteiger partial charge is 0.474 e. The van der Waals surface area contributed by atoms with Gasteiger partial charge >= 0.3 is 0 Å². The van der Waals surface area contributed by atoms with E-state index in [1.807, 2.05) is 55.5 Å². The molecule has 0 radical (unpaired) electrons. The van der Waals surface area contributed by atoms with Crippen molar-refractivity contribution in [1.82, 2.24) is 9.97 Å². The molecule has 0 unspecified atom stereocenters. The van der Waals surface area contributed by atoms with Crippen LogP contribution in [0.4, 0.5) is 11.7 Å². The Hall–Kier alpha value is -4.20. The zero-order valence-corrected chi connectivity index (χ0v) is 29.3. The highest BCUT2D eigenvalue weighted by Crippen LogP contribution is 2.53. The molecule has 0 amide bonds. The first kappa shape index (κ1) is 32.4. The third kappa shape index (κ3) is 5.57. The fourth-order valence-corrected chi connectivity index (χ4v) is 7.54. The lowest BCUT2D eigenvalue weighted by Gasteiger charge is -2.50. The van der Waals surface area contributed by atoms with Crippen LogP contribution in [0.2, 0.25) is 5.02 Å². The molecule has 48 heavy (non-hydrogen) atoms.